The molecule has 0 radical (unpaired) electrons. The summed E-state index contributed by atoms with van der Waals surface area (Å²) in [5.74, 6) is -0.498. The predicted molar refractivity (Wildman–Crippen MR) is 116 cm³/mol. The van der Waals surface area contributed by atoms with Crippen molar-refractivity contribution in [3.63, 3.8) is 0 Å². The van der Waals surface area contributed by atoms with Crippen LogP contribution in [-0.4, -0.2) is 19.3 Å². The summed E-state index contributed by atoms with van der Waals surface area (Å²) in [4.78, 5) is 17.1. The second-order valence-corrected chi connectivity index (χ2v) is 9.98. The van der Waals surface area contributed by atoms with Crippen molar-refractivity contribution in [3.05, 3.63) is 88.4 Å². The fourth-order valence-electron chi connectivity index (χ4n) is 2.91. The van der Waals surface area contributed by atoms with Crippen molar-refractivity contribution in [3.8, 4) is 0 Å². The van der Waals surface area contributed by atoms with Gasteiger partial charge < -0.3 is 5.32 Å². The topological polar surface area (TPSA) is 76.1 Å². The van der Waals surface area contributed by atoms with Crippen molar-refractivity contribution in [2.45, 2.75) is 10.6 Å². The molecule has 1 amide bonds. The third kappa shape index (κ3) is 4.48. The minimum atomic E-state index is -3.49. The van der Waals surface area contributed by atoms with Crippen molar-refractivity contribution >= 4 is 54.6 Å². The summed E-state index contributed by atoms with van der Waals surface area (Å²) in [6, 6.07) is 20.2. The third-order valence-corrected chi connectivity index (χ3v) is 7.09. The Bertz CT molecular complexity index is 1300. The minimum absolute atomic E-state index is 0.177. The van der Waals surface area contributed by atoms with Crippen LogP contribution in [0.25, 0.3) is 10.2 Å². The zero-order valence-electron chi connectivity index (χ0n) is 15.0. The summed E-state index contributed by atoms with van der Waals surface area (Å²) in [6.07, 6.45) is 0. The Balaban J connectivity index is 1.53. The number of benzene rings is 3. The van der Waals surface area contributed by atoms with Crippen LogP contribution in [0.2, 0.25) is 4.47 Å². The summed E-state index contributed by atoms with van der Waals surface area (Å²) in [7, 11) is -3.49. The molecule has 0 aliphatic rings. The van der Waals surface area contributed by atoms with E-state index in [0.29, 0.717) is 21.3 Å². The fourth-order valence-corrected chi connectivity index (χ4v) is 5.34. The quantitative estimate of drug-likeness (QED) is 0.462. The highest BCUT2D eigenvalue weighted by Gasteiger charge is 2.16. The Morgan fingerprint density at radius 3 is 2.59 bits per heavy atom. The lowest BCUT2D eigenvalue weighted by Crippen LogP contribution is -2.12. The van der Waals surface area contributed by atoms with Gasteiger partial charge >= 0.3 is 0 Å². The highest BCUT2D eigenvalue weighted by molar-refractivity contribution is 7.90. The maximum atomic E-state index is 12.6. The smallest absolute Gasteiger partial charge is 0.255 e. The van der Waals surface area contributed by atoms with Crippen molar-refractivity contribution < 1.29 is 13.2 Å². The number of rotatable bonds is 5. The molecule has 0 unspecified atom stereocenters. The first-order valence-electron chi connectivity index (χ1n) is 8.65. The average molecular weight is 443 g/mol. The third-order valence-electron chi connectivity index (χ3n) is 4.27. The van der Waals surface area contributed by atoms with E-state index in [1.807, 2.05) is 0 Å². The van der Waals surface area contributed by atoms with Crippen LogP contribution in [0.4, 0.5) is 5.69 Å². The Labute approximate surface area is 176 Å². The van der Waals surface area contributed by atoms with Crippen LogP contribution in [0.3, 0.4) is 0 Å². The molecule has 0 saturated carbocycles. The van der Waals surface area contributed by atoms with Crippen LogP contribution in [0.1, 0.15) is 15.9 Å². The summed E-state index contributed by atoms with van der Waals surface area (Å²) >= 11 is 7.25. The largest absolute Gasteiger partial charge is 0.322 e. The van der Waals surface area contributed by atoms with Gasteiger partial charge in [-0.1, -0.05) is 41.9 Å². The van der Waals surface area contributed by atoms with Crippen LogP contribution >= 0.6 is 22.9 Å². The molecule has 0 aliphatic heterocycles. The van der Waals surface area contributed by atoms with E-state index >= 15 is 0 Å². The van der Waals surface area contributed by atoms with E-state index in [0.717, 1.165) is 10.2 Å². The molecule has 0 atom stereocenters. The van der Waals surface area contributed by atoms with Gasteiger partial charge in [0, 0.05) is 11.3 Å². The summed E-state index contributed by atoms with van der Waals surface area (Å²) < 4.78 is 26.5. The Hall–Kier alpha value is -2.74. The number of sulfone groups is 1. The second-order valence-electron chi connectivity index (χ2n) is 6.38. The van der Waals surface area contributed by atoms with Crippen LogP contribution < -0.4 is 5.32 Å². The molecule has 5 nitrogen and oxygen atoms in total. The van der Waals surface area contributed by atoms with Gasteiger partial charge in [-0.15, -0.1) is 11.3 Å². The van der Waals surface area contributed by atoms with Gasteiger partial charge in [0.25, 0.3) is 5.91 Å². The van der Waals surface area contributed by atoms with Gasteiger partial charge in [0.2, 0.25) is 0 Å². The van der Waals surface area contributed by atoms with Gasteiger partial charge in [-0.25, -0.2) is 13.4 Å². The summed E-state index contributed by atoms with van der Waals surface area (Å²) in [6.45, 7) is 0. The Kier molecular flexibility index (Phi) is 5.36. The highest BCUT2D eigenvalue weighted by atomic mass is 35.5. The van der Waals surface area contributed by atoms with Crippen LogP contribution in [0.15, 0.2) is 77.7 Å². The molecule has 146 valence electrons. The normalized spacial score (nSPS) is 11.5. The van der Waals surface area contributed by atoms with E-state index < -0.39 is 9.84 Å². The number of carbonyl (C=O) groups is 1. The fraction of sp³-hybridized carbons (Fsp3) is 0.0476. The molecule has 8 heteroatoms. The first-order valence-corrected chi connectivity index (χ1v) is 11.5. The van der Waals surface area contributed by atoms with Gasteiger partial charge in [-0.2, -0.15) is 0 Å². The van der Waals surface area contributed by atoms with E-state index in [4.69, 9.17) is 11.6 Å². The lowest BCUT2D eigenvalue weighted by Gasteiger charge is -2.08. The number of hydrogen-bond acceptors (Lipinski definition) is 5. The molecule has 1 aromatic heterocycles. The van der Waals surface area contributed by atoms with E-state index in [9.17, 15) is 13.2 Å². The minimum Gasteiger partial charge on any atom is -0.322 e. The molecule has 29 heavy (non-hydrogen) atoms. The standard InChI is InChI=1S/C21H15ClN2O3S2/c22-21-24-18-10-9-16(12-19(18)28-21)23-20(25)15-6-4-5-14(11-15)13-29(26,27)17-7-2-1-3-8-17/h1-12H,13H2,(H,23,25). The average Bonchev–Trinajstić information content (AvgIpc) is 3.08. The van der Waals surface area contributed by atoms with Crippen molar-refractivity contribution in [1.82, 2.24) is 4.98 Å². The molecule has 0 fully saturated rings. The number of halogens is 1. The van der Waals surface area contributed by atoms with E-state index in [1.165, 1.54) is 11.3 Å². The van der Waals surface area contributed by atoms with Crippen LogP contribution in [0.5, 0.6) is 0 Å². The Morgan fingerprint density at radius 2 is 1.79 bits per heavy atom. The van der Waals surface area contributed by atoms with Gasteiger partial charge in [0.1, 0.15) is 0 Å². The number of fused-ring (bicyclic) bond motifs is 1. The molecule has 1 heterocycles. The van der Waals surface area contributed by atoms with Gasteiger partial charge in [-0.05, 0) is 48.0 Å². The number of nitrogens with one attached hydrogen (secondary N) is 1. The number of hydrogen-bond donors (Lipinski definition) is 1. The number of amides is 1. The maximum Gasteiger partial charge on any atom is 0.255 e. The molecule has 4 rings (SSSR count). The van der Waals surface area contributed by atoms with Gasteiger partial charge in [0.15, 0.2) is 14.3 Å². The highest BCUT2D eigenvalue weighted by Crippen LogP contribution is 2.28. The molecule has 4 aromatic rings. The van der Waals surface area contributed by atoms with E-state index in [1.54, 1.807) is 72.8 Å². The lowest BCUT2D eigenvalue weighted by molar-refractivity contribution is 0.102. The van der Waals surface area contributed by atoms with E-state index in [-0.39, 0.29) is 16.6 Å². The first kappa shape index (κ1) is 19.6. The Morgan fingerprint density at radius 1 is 1.00 bits per heavy atom. The zero-order chi connectivity index (χ0) is 20.4. The maximum absolute atomic E-state index is 12.6. The SMILES string of the molecule is O=C(Nc1ccc2nc(Cl)sc2c1)c1cccc(CS(=O)(=O)c2ccccc2)c1. The summed E-state index contributed by atoms with van der Waals surface area (Å²) in [5, 5.41) is 2.83. The van der Waals surface area contributed by atoms with Crippen molar-refractivity contribution in [2.24, 2.45) is 0 Å². The van der Waals surface area contributed by atoms with E-state index in [2.05, 4.69) is 10.3 Å². The molecule has 0 aliphatic carbocycles. The lowest BCUT2D eigenvalue weighted by atomic mass is 10.1. The monoisotopic (exact) mass is 442 g/mol. The molecule has 1 N–H and O–H groups in total. The molecule has 3 aromatic carbocycles. The van der Waals surface area contributed by atoms with Gasteiger partial charge in [0.05, 0.1) is 20.9 Å². The van der Waals surface area contributed by atoms with Crippen LogP contribution in [0, 0.1) is 0 Å². The molecule has 0 bridgehead atoms. The zero-order valence-corrected chi connectivity index (χ0v) is 17.4. The van der Waals surface area contributed by atoms with Crippen molar-refractivity contribution in [1.29, 1.82) is 0 Å². The molecular weight excluding hydrogens is 428 g/mol. The molecular formula is C21H15ClN2O3S2. The number of nitrogens with zero attached hydrogens (tertiary/aromatic N) is 1. The first-order chi connectivity index (χ1) is 13.9. The predicted octanol–water partition coefficient (Wildman–Crippen LogP) is 5.18. The summed E-state index contributed by atoms with van der Waals surface area (Å²) in [5.41, 5.74) is 2.32. The molecule has 0 spiro atoms. The molecule has 0 saturated heterocycles. The van der Waals surface area contributed by atoms with Crippen molar-refractivity contribution in [2.75, 3.05) is 5.32 Å². The number of aromatic nitrogens is 1. The number of thiazole rings is 1. The van der Waals surface area contributed by atoms with Crippen LogP contribution in [-0.2, 0) is 15.6 Å². The number of anilines is 1. The van der Waals surface area contributed by atoms with Gasteiger partial charge in [-0.3, -0.25) is 4.79 Å². The number of carbonyl (C=O) groups excluding carboxylic acids is 1. The second kappa shape index (κ2) is 7.94.